The van der Waals surface area contributed by atoms with Crippen LogP contribution in [0.1, 0.15) is 39.8 Å². The summed E-state index contributed by atoms with van der Waals surface area (Å²) in [4.78, 5) is 41.7. The van der Waals surface area contributed by atoms with Gasteiger partial charge in [0.15, 0.2) is 11.2 Å². The fraction of sp³-hybridized carbons (Fsp3) is 0.643. The molecule has 1 unspecified atom stereocenters. The number of H-pyrrole nitrogens is 1. The maximum Gasteiger partial charge on any atom is 0.322 e. The SMILES string of the molecule is CC(C)(C)C[C@H]1O[C@@H](n2cnc3c(=O)[nH]c(N)nc32)CC1OP(O)(O)=S. The van der Waals surface area contributed by atoms with Crippen LogP contribution in [0.25, 0.3) is 11.2 Å². The van der Waals surface area contributed by atoms with Crippen molar-refractivity contribution in [3.63, 3.8) is 0 Å². The fourth-order valence-electron chi connectivity index (χ4n) is 3.10. The number of nitrogens with zero attached hydrogens (tertiary/aromatic N) is 3. The van der Waals surface area contributed by atoms with E-state index in [4.69, 9.17) is 15.0 Å². The number of rotatable bonds is 4. The van der Waals surface area contributed by atoms with E-state index in [1.165, 1.54) is 6.33 Å². The molecule has 3 atom stereocenters. The number of hydrogen-bond acceptors (Lipinski definition) is 7. The standard InChI is InChI=1S/C14H22N5O5PS/c1-14(2,3)5-8-7(24-25(21,22)26)4-9(23-8)19-6-16-10-11(19)17-13(15)18-12(10)20/h6-9H,4-5H2,1-3H3,(H2,21,22,26)(H3,15,17,18,20)/t7?,8-,9-/m1/s1. The molecular weight excluding hydrogens is 381 g/mol. The van der Waals surface area contributed by atoms with Crippen LogP contribution in [0.15, 0.2) is 11.1 Å². The van der Waals surface area contributed by atoms with E-state index in [0.29, 0.717) is 18.5 Å². The van der Waals surface area contributed by atoms with Crippen molar-refractivity contribution >= 4 is 35.6 Å². The van der Waals surface area contributed by atoms with Gasteiger partial charge in [-0.05, 0) is 23.6 Å². The summed E-state index contributed by atoms with van der Waals surface area (Å²) in [5, 5.41) is 0. The van der Waals surface area contributed by atoms with E-state index < -0.39 is 30.7 Å². The van der Waals surface area contributed by atoms with Gasteiger partial charge in [-0.3, -0.25) is 14.3 Å². The maximum atomic E-state index is 11.9. The first-order chi connectivity index (χ1) is 11.9. The average Bonchev–Trinajstić information content (AvgIpc) is 3.00. The Morgan fingerprint density at radius 2 is 2.23 bits per heavy atom. The molecule has 5 N–H and O–H groups in total. The van der Waals surface area contributed by atoms with Crippen LogP contribution in [0, 0.1) is 5.41 Å². The Balaban J connectivity index is 1.94. The van der Waals surface area contributed by atoms with Crippen LogP contribution in [-0.4, -0.2) is 41.5 Å². The second kappa shape index (κ2) is 6.66. The number of aromatic amines is 1. The van der Waals surface area contributed by atoms with Crippen LogP contribution in [-0.2, 0) is 21.1 Å². The zero-order chi connectivity index (χ0) is 19.3. The largest absolute Gasteiger partial charge is 0.369 e. The van der Waals surface area contributed by atoms with Crippen LogP contribution >= 0.6 is 6.72 Å². The normalized spacial score (nSPS) is 24.4. The minimum absolute atomic E-state index is 0.0255. The second-order valence-electron chi connectivity index (χ2n) is 7.54. The lowest BCUT2D eigenvalue weighted by molar-refractivity contribution is -0.0328. The molecule has 1 fully saturated rings. The van der Waals surface area contributed by atoms with Crippen LogP contribution in [0.3, 0.4) is 0 Å². The summed E-state index contributed by atoms with van der Waals surface area (Å²) >= 11 is 4.62. The van der Waals surface area contributed by atoms with Gasteiger partial charge in [-0.15, -0.1) is 0 Å². The topological polar surface area (TPSA) is 149 Å². The number of ether oxygens (including phenoxy) is 1. The Hall–Kier alpha value is -1.36. The van der Waals surface area contributed by atoms with Crippen LogP contribution in [0.2, 0.25) is 0 Å². The number of anilines is 1. The summed E-state index contributed by atoms with van der Waals surface area (Å²) in [7, 11) is 0. The molecule has 12 heteroatoms. The lowest BCUT2D eigenvalue weighted by Gasteiger charge is -2.27. The number of hydrogen-bond donors (Lipinski definition) is 4. The highest BCUT2D eigenvalue weighted by Crippen LogP contribution is 2.46. The van der Waals surface area contributed by atoms with E-state index >= 15 is 0 Å². The number of nitrogen functional groups attached to an aromatic ring is 1. The second-order valence-corrected chi connectivity index (χ2v) is 10.2. The molecular formula is C14H22N5O5PS. The van der Waals surface area contributed by atoms with Gasteiger partial charge in [0.1, 0.15) is 6.23 Å². The quantitative estimate of drug-likeness (QED) is 0.549. The van der Waals surface area contributed by atoms with Crippen molar-refractivity contribution in [1.82, 2.24) is 19.5 Å². The summed E-state index contributed by atoms with van der Waals surface area (Å²) in [6.07, 6.45) is 0.816. The molecule has 10 nitrogen and oxygen atoms in total. The van der Waals surface area contributed by atoms with Gasteiger partial charge in [0, 0.05) is 6.42 Å². The van der Waals surface area contributed by atoms with Crippen molar-refractivity contribution in [1.29, 1.82) is 0 Å². The Morgan fingerprint density at radius 3 is 2.85 bits per heavy atom. The Morgan fingerprint density at radius 1 is 1.54 bits per heavy atom. The van der Waals surface area contributed by atoms with E-state index in [9.17, 15) is 14.6 Å². The van der Waals surface area contributed by atoms with Gasteiger partial charge < -0.3 is 24.8 Å². The van der Waals surface area contributed by atoms with Crippen molar-refractivity contribution in [2.75, 3.05) is 5.73 Å². The van der Waals surface area contributed by atoms with Gasteiger partial charge >= 0.3 is 6.72 Å². The smallest absolute Gasteiger partial charge is 0.322 e. The molecule has 0 spiro atoms. The molecule has 1 aliphatic rings. The molecule has 0 aliphatic carbocycles. The van der Waals surface area contributed by atoms with Crippen LogP contribution in [0.5, 0.6) is 0 Å². The predicted octanol–water partition coefficient (Wildman–Crippen LogP) is 1.02. The summed E-state index contributed by atoms with van der Waals surface area (Å²) in [5.41, 5.74) is 5.54. The molecule has 3 heterocycles. The van der Waals surface area contributed by atoms with Crippen LogP contribution in [0.4, 0.5) is 5.95 Å². The number of nitrogens with two attached hydrogens (primary N) is 1. The highest BCUT2D eigenvalue weighted by Gasteiger charge is 2.41. The van der Waals surface area contributed by atoms with Gasteiger partial charge in [-0.25, -0.2) is 4.98 Å². The molecule has 0 aromatic carbocycles. The first kappa shape index (κ1) is 19.4. The summed E-state index contributed by atoms with van der Waals surface area (Å²) in [6, 6.07) is 0. The van der Waals surface area contributed by atoms with E-state index in [1.807, 2.05) is 20.8 Å². The number of fused-ring (bicyclic) bond motifs is 1. The van der Waals surface area contributed by atoms with Gasteiger partial charge in [-0.2, -0.15) is 4.98 Å². The van der Waals surface area contributed by atoms with Gasteiger partial charge in [0.25, 0.3) is 5.56 Å². The Labute approximate surface area is 154 Å². The zero-order valence-corrected chi connectivity index (χ0v) is 16.3. The summed E-state index contributed by atoms with van der Waals surface area (Å²) < 4.78 is 13.0. The van der Waals surface area contributed by atoms with E-state index in [1.54, 1.807) is 4.57 Å². The van der Waals surface area contributed by atoms with Crippen LogP contribution < -0.4 is 11.3 Å². The molecule has 3 rings (SSSR count). The van der Waals surface area contributed by atoms with E-state index in [-0.39, 0.29) is 16.9 Å². The van der Waals surface area contributed by atoms with E-state index in [0.717, 1.165) is 0 Å². The van der Waals surface area contributed by atoms with Crippen molar-refractivity contribution < 1.29 is 19.0 Å². The minimum atomic E-state index is -3.85. The van der Waals surface area contributed by atoms with Gasteiger partial charge in [0.2, 0.25) is 5.95 Å². The van der Waals surface area contributed by atoms with E-state index in [2.05, 4.69) is 26.8 Å². The molecule has 0 saturated carbocycles. The summed E-state index contributed by atoms with van der Waals surface area (Å²) in [5.74, 6) is -0.0255. The lowest BCUT2D eigenvalue weighted by Crippen LogP contribution is -2.28. The highest BCUT2D eigenvalue weighted by molar-refractivity contribution is 8.06. The lowest BCUT2D eigenvalue weighted by atomic mass is 9.87. The highest BCUT2D eigenvalue weighted by atomic mass is 32.5. The first-order valence-corrected chi connectivity index (χ1v) is 10.7. The monoisotopic (exact) mass is 403 g/mol. The molecule has 0 bridgehead atoms. The molecule has 1 aliphatic heterocycles. The molecule has 0 amide bonds. The number of aromatic nitrogens is 4. The molecule has 0 radical (unpaired) electrons. The third-order valence-corrected chi connectivity index (χ3v) is 4.83. The number of imidazole rings is 1. The molecule has 2 aromatic heterocycles. The third-order valence-electron chi connectivity index (χ3n) is 4.03. The summed E-state index contributed by atoms with van der Waals surface area (Å²) in [6.45, 7) is 2.29. The molecule has 1 saturated heterocycles. The third kappa shape index (κ3) is 4.30. The van der Waals surface area contributed by atoms with Crippen molar-refractivity contribution in [2.24, 2.45) is 5.41 Å². The minimum Gasteiger partial charge on any atom is -0.369 e. The fourth-order valence-corrected chi connectivity index (χ4v) is 4.01. The Kier molecular flexibility index (Phi) is 4.97. The first-order valence-electron chi connectivity index (χ1n) is 8.05. The van der Waals surface area contributed by atoms with Gasteiger partial charge in [0.05, 0.1) is 18.5 Å². The average molecular weight is 403 g/mol. The number of nitrogens with one attached hydrogen (secondary N) is 1. The molecule has 144 valence electrons. The molecule has 26 heavy (non-hydrogen) atoms. The maximum absolute atomic E-state index is 11.9. The Bertz CT molecular complexity index is 917. The van der Waals surface area contributed by atoms with Crippen molar-refractivity contribution in [2.45, 2.75) is 52.0 Å². The van der Waals surface area contributed by atoms with Gasteiger partial charge in [-0.1, -0.05) is 20.8 Å². The zero-order valence-electron chi connectivity index (χ0n) is 14.6. The molecule has 2 aromatic rings. The van der Waals surface area contributed by atoms with Crippen molar-refractivity contribution in [3.8, 4) is 0 Å². The predicted molar refractivity (Wildman–Crippen MR) is 98.8 cm³/mol. The van der Waals surface area contributed by atoms with Crippen molar-refractivity contribution in [3.05, 3.63) is 16.7 Å².